The van der Waals surface area contributed by atoms with E-state index in [1.54, 1.807) is 6.07 Å². The van der Waals surface area contributed by atoms with Crippen molar-refractivity contribution in [2.45, 2.75) is 25.8 Å². The minimum atomic E-state index is -0.0850. The van der Waals surface area contributed by atoms with Crippen LogP contribution >= 0.6 is 0 Å². The number of methoxy groups -OCH3 is 2. The van der Waals surface area contributed by atoms with E-state index in [0.717, 1.165) is 58.7 Å². The number of piperazine rings is 1. The van der Waals surface area contributed by atoms with Crippen molar-refractivity contribution < 1.29 is 14.3 Å². The molecule has 0 N–H and O–H groups in total. The molecule has 2 aliphatic heterocycles. The molecule has 0 bridgehead atoms. The average Bonchev–Trinajstić information content (AvgIpc) is 2.73. The summed E-state index contributed by atoms with van der Waals surface area (Å²) in [7, 11) is 2.99. The standard InChI is InChI=1S/C18H29N5O3/c1-4-21-9-11-22(12-10-21)14-5-7-23(8-6-14)17(24)15-13-16(25-2)20-18(19-15)26-3/h13-14H,4-12H2,1-3H3. The third-order valence-corrected chi connectivity index (χ3v) is 5.42. The van der Waals surface area contributed by atoms with Gasteiger partial charge in [-0.25, -0.2) is 0 Å². The number of carbonyl (C=O) groups is 1. The number of likely N-dealkylation sites (tertiary alicyclic amines) is 1. The Hall–Kier alpha value is -1.93. The van der Waals surface area contributed by atoms with E-state index in [-0.39, 0.29) is 11.9 Å². The lowest BCUT2D eigenvalue weighted by Crippen LogP contribution is -2.53. The van der Waals surface area contributed by atoms with Gasteiger partial charge in [0.25, 0.3) is 5.91 Å². The quantitative estimate of drug-likeness (QED) is 0.764. The molecule has 1 aromatic rings. The van der Waals surface area contributed by atoms with Crippen LogP contribution in [-0.4, -0.2) is 96.6 Å². The highest BCUT2D eigenvalue weighted by atomic mass is 16.5. The second-order valence-corrected chi connectivity index (χ2v) is 6.78. The van der Waals surface area contributed by atoms with Crippen molar-refractivity contribution in [3.8, 4) is 11.9 Å². The Morgan fingerprint density at radius 2 is 1.77 bits per heavy atom. The van der Waals surface area contributed by atoms with E-state index >= 15 is 0 Å². The van der Waals surface area contributed by atoms with Crippen molar-refractivity contribution in [3.05, 3.63) is 11.8 Å². The van der Waals surface area contributed by atoms with E-state index in [0.29, 0.717) is 17.6 Å². The molecule has 0 saturated carbocycles. The number of carbonyl (C=O) groups excluding carboxylic acids is 1. The van der Waals surface area contributed by atoms with Gasteiger partial charge in [-0.05, 0) is 19.4 Å². The largest absolute Gasteiger partial charge is 0.481 e. The number of piperidine rings is 1. The van der Waals surface area contributed by atoms with Gasteiger partial charge in [-0.15, -0.1) is 0 Å². The lowest BCUT2D eigenvalue weighted by Gasteiger charge is -2.42. The molecule has 0 spiro atoms. The van der Waals surface area contributed by atoms with E-state index in [9.17, 15) is 4.79 Å². The molecule has 0 radical (unpaired) electrons. The molecule has 26 heavy (non-hydrogen) atoms. The fourth-order valence-corrected chi connectivity index (χ4v) is 3.75. The maximum absolute atomic E-state index is 12.8. The molecule has 0 unspecified atom stereocenters. The molecule has 8 nitrogen and oxygen atoms in total. The van der Waals surface area contributed by atoms with Crippen molar-refractivity contribution in [2.24, 2.45) is 0 Å². The molecule has 2 aliphatic rings. The van der Waals surface area contributed by atoms with Gasteiger partial charge in [-0.3, -0.25) is 9.69 Å². The summed E-state index contributed by atoms with van der Waals surface area (Å²) in [5.74, 6) is 0.252. The van der Waals surface area contributed by atoms with E-state index in [2.05, 4.69) is 26.7 Å². The Morgan fingerprint density at radius 1 is 1.08 bits per heavy atom. The second kappa shape index (κ2) is 8.64. The number of amides is 1. The molecule has 1 amide bonds. The van der Waals surface area contributed by atoms with Crippen LogP contribution in [0, 0.1) is 0 Å². The molecule has 0 atom stereocenters. The minimum Gasteiger partial charge on any atom is -0.481 e. The summed E-state index contributed by atoms with van der Waals surface area (Å²) in [6.07, 6.45) is 2.02. The van der Waals surface area contributed by atoms with E-state index in [1.165, 1.54) is 14.2 Å². The highest BCUT2D eigenvalue weighted by Crippen LogP contribution is 2.21. The van der Waals surface area contributed by atoms with Crippen molar-refractivity contribution >= 4 is 5.91 Å². The fourth-order valence-electron chi connectivity index (χ4n) is 3.75. The van der Waals surface area contributed by atoms with Crippen molar-refractivity contribution in [1.82, 2.24) is 24.7 Å². The molecule has 3 heterocycles. The van der Waals surface area contributed by atoms with Crippen LogP contribution in [0.2, 0.25) is 0 Å². The predicted molar refractivity (Wildman–Crippen MR) is 97.7 cm³/mol. The van der Waals surface area contributed by atoms with E-state index < -0.39 is 0 Å². The molecule has 0 aliphatic carbocycles. The summed E-state index contributed by atoms with van der Waals surface area (Å²) in [6, 6.07) is 2.30. The van der Waals surface area contributed by atoms with Crippen LogP contribution in [0.25, 0.3) is 0 Å². The zero-order chi connectivity index (χ0) is 18.5. The molecular formula is C18H29N5O3. The highest BCUT2D eigenvalue weighted by molar-refractivity contribution is 5.92. The van der Waals surface area contributed by atoms with Crippen LogP contribution in [0.5, 0.6) is 11.9 Å². The zero-order valence-corrected chi connectivity index (χ0v) is 16.0. The maximum Gasteiger partial charge on any atom is 0.320 e. The van der Waals surface area contributed by atoms with Crippen molar-refractivity contribution in [2.75, 3.05) is 60.0 Å². The first-order valence-corrected chi connectivity index (χ1v) is 9.37. The highest BCUT2D eigenvalue weighted by Gasteiger charge is 2.30. The maximum atomic E-state index is 12.8. The first kappa shape index (κ1) is 18.8. The van der Waals surface area contributed by atoms with Gasteiger partial charge >= 0.3 is 6.01 Å². The van der Waals surface area contributed by atoms with Gasteiger partial charge in [0.2, 0.25) is 5.88 Å². The van der Waals surface area contributed by atoms with Crippen molar-refractivity contribution in [1.29, 1.82) is 0 Å². The predicted octanol–water partition coefficient (Wildman–Crippen LogP) is 0.736. The van der Waals surface area contributed by atoms with E-state index in [4.69, 9.17) is 9.47 Å². The monoisotopic (exact) mass is 363 g/mol. The number of aromatic nitrogens is 2. The number of ether oxygens (including phenoxy) is 2. The number of rotatable bonds is 5. The third kappa shape index (κ3) is 4.24. The first-order valence-electron chi connectivity index (χ1n) is 9.37. The Kier molecular flexibility index (Phi) is 6.26. The summed E-state index contributed by atoms with van der Waals surface area (Å²) in [4.78, 5) is 28.0. The molecule has 8 heteroatoms. The molecular weight excluding hydrogens is 334 g/mol. The van der Waals surface area contributed by atoms with Crippen LogP contribution in [0.1, 0.15) is 30.3 Å². The van der Waals surface area contributed by atoms with Crippen LogP contribution in [0.4, 0.5) is 0 Å². The second-order valence-electron chi connectivity index (χ2n) is 6.78. The molecule has 2 fully saturated rings. The number of nitrogens with zero attached hydrogens (tertiary/aromatic N) is 5. The molecule has 2 saturated heterocycles. The molecule has 0 aromatic carbocycles. The molecule has 3 rings (SSSR count). The van der Waals surface area contributed by atoms with Gasteiger partial charge in [0.15, 0.2) is 0 Å². The van der Waals surface area contributed by atoms with Crippen LogP contribution in [0.15, 0.2) is 6.07 Å². The van der Waals surface area contributed by atoms with Crippen molar-refractivity contribution in [3.63, 3.8) is 0 Å². The first-order chi connectivity index (χ1) is 12.6. The lowest BCUT2D eigenvalue weighted by atomic mass is 10.0. The fraction of sp³-hybridized carbons (Fsp3) is 0.722. The third-order valence-electron chi connectivity index (χ3n) is 5.42. The summed E-state index contributed by atoms with van der Waals surface area (Å²) in [5.41, 5.74) is 0.323. The minimum absolute atomic E-state index is 0.0850. The Balaban J connectivity index is 1.57. The normalized spacial score (nSPS) is 20.2. The van der Waals surface area contributed by atoms with Gasteiger partial charge in [-0.1, -0.05) is 6.92 Å². The van der Waals surface area contributed by atoms with Gasteiger partial charge in [-0.2, -0.15) is 9.97 Å². The van der Waals surface area contributed by atoms with Gasteiger partial charge < -0.3 is 19.3 Å². The van der Waals surface area contributed by atoms with Gasteiger partial charge in [0.1, 0.15) is 5.69 Å². The summed E-state index contributed by atoms with van der Waals surface area (Å²) in [6.45, 7) is 9.42. The number of hydrogen-bond donors (Lipinski definition) is 0. The van der Waals surface area contributed by atoms with Gasteiger partial charge in [0, 0.05) is 51.4 Å². The van der Waals surface area contributed by atoms with Crippen LogP contribution < -0.4 is 9.47 Å². The topological polar surface area (TPSA) is 71.0 Å². The average molecular weight is 363 g/mol. The van der Waals surface area contributed by atoms with Gasteiger partial charge in [0.05, 0.1) is 14.2 Å². The van der Waals surface area contributed by atoms with Crippen LogP contribution in [-0.2, 0) is 0 Å². The Labute approximate surface area is 155 Å². The summed E-state index contributed by atoms with van der Waals surface area (Å²) < 4.78 is 10.2. The lowest BCUT2D eigenvalue weighted by molar-refractivity contribution is 0.0485. The SMILES string of the molecule is CCN1CCN(C2CCN(C(=O)c3cc(OC)nc(OC)n3)CC2)CC1. The molecule has 144 valence electrons. The molecule has 1 aromatic heterocycles. The van der Waals surface area contributed by atoms with Crippen LogP contribution in [0.3, 0.4) is 0 Å². The Morgan fingerprint density at radius 3 is 2.35 bits per heavy atom. The smallest absolute Gasteiger partial charge is 0.320 e. The van der Waals surface area contributed by atoms with E-state index in [1.807, 2.05) is 4.90 Å². The number of likely N-dealkylation sites (N-methyl/N-ethyl adjacent to an activating group) is 1. The summed E-state index contributed by atoms with van der Waals surface area (Å²) in [5, 5.41) is 0. The zero-order valence-electron chi connectivity index (χ0n) is 16.0. The number of hydrogen-bond acceptors (Lipinski definition) is 7. The Bertz CT molecular complexity index is 589. The summed E-state index contributed by atoms with van der Waals surface area (Å²) >= 11 is 0.